The van der Waals surface area contributed by atoms with Crippen molar-refractivity contribution < 1.29 is 28.2 Å². The fourth-order valence-corrected chi connectivity index (χ4v) is 5.58. The highest BCUT2D eigenvalue weighted by Crippen LogP contribution is 2.31. The summed E-state index contributed by atoms with van der Waals surface area (Å²) < 4.78 is 25.3. The number of carboxylic acids is 2. The van der Waals surface area contributed by atoms with Gasteiger partial charge in [-0.1, -0.05) is 44.2 Å². The summed E-state index contributed by atoms with van der Waals surface area (Å²) in [6.07, 6.45) is 1.88. The highest BCUT2D eigenvalue weighted by Gasteiger charge is 2.37. The number of hydrogen-bond acceptors (Lipinski definition) is 4. The maximum Gasteiger partial charge on any atom is 0.314 e. The van der Waals surface area contributed by atoms with Gasteiger partial charge < -0.3 is 10.2 Å². The van der Waals surface area contributed by atoms with E-state index in [9.17, 15) is 28.2 Å². The van der Waals surface area contributed by atoms with Crippen LogP contribution in [0.15, 0.2) is 47.4 Å². The third-order valence-electron chi connectivity index (χ3n) is 6.05. The molecule has 0 saturated carbocycles. The van der Waals surface area contributed by atoms with Crippen LogP contribution in [-0.4, -0.2) is 36.3 Å². The van der Waals surface area contributed by atoms with Gasteiger partial charge in [0.1, 0.15) is 0 Å². The minimum Gasteiger partial charge on any atom is -0.481 e. The second kappa shape index (κ2) is 9.45. The number of sulfone groups is 1. The molecule has 1 atom stereocenters. The van der Waals surface area contributed by atoms with Crippen LogP contribution in [0.4, 0.5) is 0 Å². The Bertz CT molecular complexity index is 1100. The predicted molar refractivity (Wildman–Crippen MR) is 124 cm³/mol. The lowest BCUT2D eigenvalue weighted by atomic mass is 9.76. The van der Waals surface area contributed by atoms with E-state index in [1.54, 1.807) is 19.1 Å². The van der Waals surface area contributed by atoms with Crippen LogP contribution >= 0.6 is 0 Å². The normalized spacial score (nSPS) is 14.0. The molecule has 0 fully saturated rings. The first-order valence-electron chi connectivity index (χ1n) is 10.7. The molecular formula is C25H32O6S. The predicted octanol–water partition coefficient (Wildman–Crippen LogP) is 4.28. The summed E-state index contributed by atoms with van der Waals surface area (Å²) in [4.78, 5) is 23.6. The van der Waals surface area contributed by atoms with Crippen LogP contribution in [0.1, 0.15) is 56.9 Å². The third kappa shape index (κ3) is 5.38. The van der Waals surface area contributed by atoms with Crippen LogP contribution in [0.5, 0.6) is 0 Å². The largest absolute Gasteiger partial charge is 0.481 e. The van der Waals surface area contributed by atoms with Gasteiger partial charge in [-0.15, -0.1) is 0 Å². The van der Waals surface area contributed by atoms with E-state index in [-0.39, 0.29) is 11.3 Å². The summed E-state index contributed by atoms with van der Waals surface area (Å²) in [5, 5.41) is 19.3. The molecular weight excluding hydrogens is 428 g/mol. The van der Waals surface area contributed by atoms with E-state index in [2.05, 4.69) is 6.92 Å². The van der Waals surface area contributed by atoms with Crippen LogP contribution in [-0.2, 0) is 44.1 Å². The highest BCUT2D eigenvalue weighted by molar-refractivity contribution is 7.91. The maximum absolute atomic E-state index is 12.7. The molecule has 2 aromatic rings. The van der Waals surface area contributed by atoms with E-state index in [1.807, 2.05) is 25.1 Å². The number of carboxylic acid groups (broad SMARTS) is 2. The van der Waals surface area contributed by atoms with Crippen LogP contribution in [0.3, 0.4) is 0 Å². The quantitative estimate of drug-likeness (QED) is 0.548. The summed E-state index contributed by atoms with van der Waals surface area (Å²) in [5.74, 6) is -2.66. The number of aliphatic carboxylic acids is 2. The van der Waals surface area contributed by atoms with Crippen molar-refractivity contribution >= 4 is 21.8 Å². The summed E-state index contributed by atoms with van der Waals surface area (Å²) in [7, 11) is -3.81. The summed E-state index contributed by atoms with van der Waals surface area (Å²) in [6.45, 7) is 8.52. The molecule has 0 aromatic heterocycles. The lowest BCUT2D eigenvalue weighted by molar-refractivity contribution is -0.145. The van der Waals surface area contributed by atoms with Crippen molar-refractivity contribution in [2.24, 2.45) is 5.41 Å². The van der Waals surface area contributed by atoms with E-state index >= 15 is 0 Å². The molecule has 1 unspecified atom stereocenters. The SMILES string of the molecule is CCc1ccc(C(C)(Cc2ccc(S(=O)(=O)CC(C)(C)C(=O)O)cc2)C(=O)O)cc1CC. The average Bonchev–Trinajstić information content (AvgIpc) is 2.72. The first-order chi connectivity index (χ1) is 14.8. The fraction of sp³-hybridized carbons (Fsp3) is 0.440. The molecule has 0 aliphatic heterocycles. The van der Waals surface area contributed by atoms with Gasteiger partial charge in [0.15, 0.2) is 9.84 Å². The van der Waals surface area contributed by atoms with Crippen LogP contribution < -0.4 is 0 Å². The summed E-state index contributed by atoms with van der Waals surface area (Å²) in [6, 6.07) is 11.8. The monoisotopic (exact) mass is 460 g/mol. The molecule has 32 heavy (non-hydrogen) atoms. The van der Waals surface area contributed by atoms with Gasteiger partial charge in [-0.05, 0) is 74.4 Å². The van der Waals surface area contributed by atoms with Gasteiger partial charge in [0.05, 0.1) is 21.5 Å². The molecule has 0 heterocycles. The Morgan fingerprint density at radius 2 is 1.41 bits per heavy atom. The summed E-state index contributed by atoms with van der Waals surface area (Å²) in [5.41, 5.74) is 1.12. The number of hydrogen-bond donors (Lipinski definition) is 2. The maximum atomic E-state index is 12.7. The molecule has 2 aromatic carbocycles. The van der Waals surface area contributed by atoms with Gasteiger partial charge in [-0.3, -0.25) is 9.59 Å². The molecule has 0 saturated heterocycles. The molecule has 174 valence electrons. The van der Waals surface area contributed by atoms with Crippen LogP contribution in [0.25, 0.3) is 0 Å². The van der Waals surface area contributed by atoms with Crippen molar-refractivity contribution in [2.45, 2.75) is 64.2 Å². The molecule has 0 amide bonds. The topological polar surface area (TPSA) is 109 Å². The molecule has 0 radical (unpaired) electrons. The van der Waals surface area contributed by atoms with Crippen molar-refractivity contribution in [3.05, 3.63) is 64.7 Å². The van der Waals surface area contributed by atoms with Crippen molar-refractivity contribution in [1.29, 1.82) is 0 Å². The molecule has 7 heteroatoms. The number of aryl methyl sites for hydroxylation is 2. The number of benzene rings is 2. The van der Waals surface area contributed by atoms with Gasteiger partial charge in [-0.25, -0.2) is 8.42 Å². The van der Waals surface area contributed by atoms with Crippen molar-refractivity contribution in [3.63, 3.8) is 0 Å². The lowest BCUT2D eigenvalue weighted by Crippen LogP contribution is -2.35. The van der Waals surface area contributed by atoms with E-state index in [0.29, 0.717) is 11.1 Å². The molecule has 0 aliphatic rings. The Hall–Kier alpha value is -2.67. The Morgan fingerprint density at radius 1 is 0.844 bits per heavy atom. The molecule has 6 nitrogen and oxygen atoms in total. The zero-order valence-electron chi connectivity index (χ0n) is 19.3. The lowest BCUT2D eigenvalue weighted by Gasteiger charge is -2.27. The van der Waals surface area contributed by atoms with Crippen molar-refractivity contribution in [3.8, 4) is 0 Å². The van der Waals surface area contributed by atoms with Crippen molar-refractivity contribution in [2.75, 3.05) is 5.75 Å². The minimum atomic E-state index is -3.81. The Labute approximate surface area is 190 Å². The number of rotatable bonds is 10. The van der Waals surface area contributed by atoms with E-state index in [0.717, 1.165) is 18.4 Å². The van der Waals surface area contributed by atoms with Gasteiger partial charge in [-0.2, -0.15) is 0 Å². The van der Waals surface area contributed by atoms with Gasteiger partial charge in [0.25, 0.3) is 0 Å². The zero-order valence-corrected chi connectivity index (χ0v) is 20.1. The van der Waals surface area contributed by atoms with E-state index < -0.39 is 38.4 Å². The third-order valence-corrected chi connectivity index (χ3v) is 8.14. The molecule has 0 bridgehead atoms. The molecule has 0 spiro atoms. The van der Waals surface area contributed by atoms with Crippen molar-refractivity contribution in [1.82, 2.24) is 0 Å². The second-order valence-electron chi connectivity index (χ2n) is 9.10. The summed E-state index contributed by atoms with van der Waals surface area (Å²) >= 11 is 0. The first kappa shape index (κ1) is 25.6. The fourth-order valence-electron chi connectivity index (χ4n) is 3.79. The minimum absolute atomic E-state index is 0.0215. The van der Waals surface area contributed by atoms with E-state index in [4.69, 9.17) is 0 Å². The Kier molecular flexibility index (Phi) is 7.55. The van der Waals surface area contributed by atoms with E-state index in [1.165, 1.54) is 31.5 Å². The van der Waals surface area contributed by atoms with Gasteiger partial charge in [0.2, 0.25) is 0 Å². The molecule has 2 rings (SSSR count). The standard InChI is InChI=1S/C25H32O6S/c1-6-18-10-11-20(14-19(18)7-2)25(5,23(28)29)15-17-8-12-21(13-9-17)32(30,31)16-24(3,4)22(26)27/h8-14H,6-7,15-16H2,1-5H3,(H,26,27)(H,28,29). The number of carbonyl (C=O) groups is 2. The van der Waals surface area contributed by atoms with Gasteiger partial charge >= 0.3 is 11.9 Å². The average molecular weight is 461 g/mol. The highest BCUT2D eigenvalue weighted by atomic mass is 32.2. The smallest absolute Gasteiger partial charge is 0.314 e. The Balaban J connectivity index is 2.36. The molecule has 2 N–H and O–H groups in total. The second-order valence-corrected chi connectivity index (χ2v) is 11.1. The first-order valence-corrected chi connectivity index (χ1v) is 12.3. The van der Waals surface area contributed by atoms with Crippen LogP contribution in [0, 0.1) is 5.41 Å². The Morgan fingerprint density at radius 3 is 1.88 bits per heavy atom. The van der Waals surface area contributed by atoms with Crippen LogP contribution in [0.2, 0.25) is 0 Å². The zero-order chi connectivity index (χ0) is 24.3. The molecule has 0 aliphatic carbocycles. The van der Waals surface area contributed by atoms with Gasteiger partial charge in [0, 0.05) is 0 Å².